The first kappa shape index (κ1) is 14.2. The van der Waals surface area contributed by atoms with Gasteiger partial charge < -0.3 is 5.11 Å². The van der Waals surface area contributed by atoms with E-state index in [2.05, 4.69) is 0 Å². The third-order valence-electron chi connectivity index (χ3n) is 2.89. The Labute approximate surface area is 108 Å². The maximum absolute atomic E-state index is 12.0. The maximum Gasteiger partial charge on any atom is 0.163 e. The van der Waals surface area contributed by atoms with E-state index < -0.39 is 5.41 Å². The van der Waals surface area contributed by atoms with Crippen LogP contribution in [0.1, 0.15) is 42.6 Å². The zero-order valence-electron chi connectivity index (χ0n) is 10.4. The lowest BCUT2D eigenvalue weighted by Gasteiger charge is -2.24. The van der Waals surface area contributed by atoms with Crippen LogP contribution < -0.4 is 0 Å². The van der Waals surface area contributed by atoms with Gasteiger partial charge in [0.25, 0.3) is 0 Å². The number of aliphatic hydroxyl groups excluding tert-OH is 1. The molecule has 0 radical (unpaired) electrons. The second-order valence-corrected chi connectivity index (χ2v) is 5.18. The second-order valence-electron chi connectivity index (χ2n) is 4.80. The number of rotatable bonds is 6. The number of Topliss-reactive ketones (excluding diaryl/α,β-unsaturated/α-hetero) is 1. The zero-order chi connectivity index (χ0) is 12.9. The Balaban J connectivity index is 3.04. The van der Waals surface area contributed by atoms with Crippen LogP contribution in [0.25, 0.3) is 0 Å². The van der Waals surface area contributed by atoms with Crippen LogP contribution in [-0.2, 0) is 5.41 Å². The number of alkyl halides is 1. The largest absolute Gasteiger partial charge is 0.395 e. The van der Waals surface area contributed by atoms with E-state index in [1.54, 1.807) is 0 Å². The van der Waals surface area contributed by atoms with Gasteiger partial charge >= 0.3 is 0 Å². The highest BCUT2D eigenvalue weighted by Gasteiger charge is 2.24. The number of hydrogen-bond acceptors (Lipinski definition) is 2. The molecule has 1 N–H and O–H groups in total. The molecule has 0 heterocycles. The molecule has 0 bridgehead atoms. The molecule has 0 spiro atoms. The molecule has 0 aromatic heterocycles. The van der Waals surface area contributed by atoms with Crippen LogP contribution in [0, 0.1) is 0 Å². The van der Waals surface area contributed by atoms with Crippen molar-refractivity contribution < 1.29 is 9.90 Å². The summed E-state index contributed by atoms with van der Waals surface area (Å²) in [4.78, 5) is 12.0. The summed E-state index contributed by atoms with van der Waals surface area (Å²) in [5.41, 5.74) is 1.21. The van der Waals surface area contributed by atoms with Gasteiger partial charge in [0.15, 0.2) is 5.78 Å². The van der Waals surface area contributed by atoms with E-state index in [9.17, 15) is 9.90 Å². The number of carbonyl (C=O) groups is 1. The normalized spacial score (nSPS) is 11.5. The van der Waals surface area contributed by atoms with E-state index in [4.69, 9.17) is 11.6 Å². The standard InChI is InChI=1S/C14H19ClO2/c1-14(2,10-16)12-7-4-3-6-11(12)13(17)8-5-9-15/h3-4,6-7,16H,5,8-10H2,1-2H3. The van der Waals surface area contributed by atoms with Crippen LogP contribution >= 0.6 is 11.6 Å². The molecular weight excluding hydrogens is 236 g/mol. The zero-order valence-corrected chi connectivity index (χ0v) is 11.1. The van der Waals surface area contributed by atoms with Gasteiger partial charge in [-0.2, -0.15) is 0 Å². The molecule has 94 valence electrons. The first-order valence-corrected chi connectivity index (χ1v) is 6.36. The Bertz CT molecular complexity index is 386. The van der Waals surface area contributed by atoms with E-state index in [-0.39, 0.29) is 12.4 Å². The number of aliphatic hydroxyl groups is 1. The number of hydrogen-bond donors (Lipinski definition) is 1. The van der Waals surface area contributed by atoms with Gasteiger partial charge in [-0.1, -0.05) is 38.1 Å². The van der Waals surface area contributed by atoms with Crippen LogP contribution in [0.15, 0.2) is 24.3 Å². The summed E-state index contributed by atoms with van der Waals surface area (Å²) in [6.45, 7) is 3.88. The fourth-order valence-electron chi connectivity index (χ4n) is 1.76. The summed E-state index contributed by atoms with van der Waals surface area (Å²) < 4.78 is 0. The van der Waals surface area contributed by atoms with Crippen molar-refractivity contribution >= 4 is 17.4 Å². The van der Waals surface area contributed by atoms with Crippen molar-refractivity contribution in [1.82, 2.24) is 0 Å². The molecule has 1 aromatic carbocycles. The molecule has 1 aromatic rings. The first-order chi connectivity index (χ1) is 8.03. The molecule has 0 fully saturated rings. The molecule has 1 rings (SSSR count). The number of halogens is 1. The lowest BCUT2D eigenvalue weighted by atomic mass is 9.81. The van der Waals surface area contributed by atoms with Crippen molar-refractivity contribution in [2.75, 3.05) is 12.5 Å². The molecular formula is C14H19ClO2. The Hall–Kier alpha value is -0.860. The van der Waals surface area contributed by atoms with E-state index >= 15 is 0 Å². The van der Waals surface area contributed by atoms with Crippen LogP contribution in [0.4, 0.5) is 0 Å². The topological polar surface area (TPSA) is 37.3 Å². The van der Waals surface area contributed by atoms with Gasteiger partial charge in [-0.05, 0) is 12.0 Å². The molecule has 3 heteroatoms. The minimum atomic E-state index is -0.396. The van der Waals surface area contributed by atoms with Gasteiger partial charge in [0, 0.05) is 23.3 Å². The minimum absolute atomic E-state index is 0.0206. The van der Waals surface area contributed by atoms with Crippen molar-refractivity contribution in [3.05, 3.63) is 35.4 Å². The van der Waals surface area contributed by atoms with Crippen molar-refractivity contribution in [2.24, 2.45) is 0 Å². The number of ketones is 1. The van der Waals surface area contributed by atoms with Crippen molar-refractivity contribution in [3.8, 4) is 0 Å². The Morgan fingerprint density at radius 2 is 2.00 bits per heavy atom. The quantitative estimate of drug-likeness (QED) is 0.626. The highest BCUT2D eigenvalue weighted by Crippen LogP contribution is 2.27. The average Bonchev–Trinajstić information content (AvgIpc) is 2.36. The van der Waals surface area contributed by atoms with Gasteiger partial charge in [0.1, 0.15) is 0 Å². The molecule has 0 saturated carbocycles. The molecule has 0 amide bonds. The monoisotopic (exact) mass is 254 g/mol. The molecule has 2 nitrogen and oxygen atoms in total. The molecule has 0 saturated heterocycles. The molecule has 17 heavy (non-hydrogen) atoms. The molecule has 0 aliphatic carbocycles. The van der Waals surface area contributed by atoms with Gasteiger partial charge in [-0.15, -0.1) is 11.6 Å². The fourth-order valence-corrected chi connectivity index (χ4v) is 1.90. The van der Waals surface area contributed by atoms with Gasteiger partial charge in [0.2, 0.25) is 0 Å². The van der Waals surface area contributed by atoms with E-state index in [0.717, 1.165) is 5.56 Å². The summed E-state index contributed by atoms with van der Waals surface area (Å²) in [6, 6.07) is 7.48. The van der Waals surface area contributed by atoms with Crippen molar-refractivity contribution in [2.45, 2.75) is 32.1 Å². The maximum atomic E-state index is 12.0. The molecule has 0 atom stereocenters. The Morgan fingerprint density at radius 3 is 2.59 bits per heavy atom. The summed E-state index contributed by atoms with van der Waals surface area (Å²) in [5, 5.41) is 9.40. The summed E-state index contributed by atoms with van der Waals surface area (Å²) >= 11 is 5.60. The van der Waals surface area contributed by atoms with E-state index in [1.165, 1.54) is 0 Å². The third kappa shape index (κ3) is 3.55. The Kier molecular flexibility index (Phi) is 5.16. The lowest BCUT2D eigenvalue weighted by Crippen LogP contribution is -2.25. The van der Waals surface area contributed by atoms with Gasteiger partial charge in [0.05, 0.1) is 6.61 Å². The smallest absolute Gasteiger partial charge is 0.163 e. The molecule has 0 aliphatic rings. The summed E-state index contributed by atoms with van der Waals surface area (Å²) in [6.07, 6.45) is 1.15. The average molecular weight is 255 g/mol. The van der Waals surface area contributed by atoms with Crippen LogP contribution in [0.3, 0.4) is 0 Å². The first-order valence-electron chi connectivity index (χ1n) is 5.82. The Morgan fingerprint density at radius 1 is 1.35 bits per heavy atom. The molecule has 0 aliphatic heterocycles. The third-order valence-corrected chi connectivity index (χ3v) is 3.16. The van der Waals surface area contributed by atoms with Crippen molar-refractivity contribution in [1.29, 1.82) is 0 Å². The fraction of sp³-hybridized carbons (Fsp3) is 0.500. The lowest BCUT2D eigenvalue weighted by molar-refractivity contribution is 0.0978. The minimum Gasteiger partial charge on any atom is -0.395 e. The highest BCUT2D eigenvalue weighted by molar-refractivity contribution is 6.18. The van der Waals surface area contributed by atoms with Crippen LogP contribution in [0.5, 0.6) is 0 Å². The number of benzene rings is 1. The van der Waals surface area contributed by atoms with Gasteiger partial charge in [-0.25, -0.2) is 0 Å². The predicted octanol–water partition coefficient (Wildman–Crippen LogP) is 3.16. The molecule has 0 unspecified atom stereocenters. The van der Waals surface area contributed by atoms with E-state index in [0.29, 0.717) is 24.3 Å². The van der Waals surface area contributed by atoms with Crippen LogP contribution in [-0.4, -0.2) is 23.4 Å². The van der Waals surface area contributed by atoms with Gasteiger partial charge in [-0.3, -0.25) is 4.79 Å². The van der Waals surface area contributed by atoms with Crippen molar-refractivity contribution in [3.63, 3.8) is 0 Å². The highest BCUT2D eigenvalue weighted by atomic mass is 35.5. The SMILES string of the molecule is CC(C)(CO)c1ccccc1C(=O)CCCCl. The summed E-state index contributed by atoms with van der Waals surface area (Å²) in [5.74, 6) is 0.597. The summed E-state index contributed by atoms with van der Waals surface area (Å²) in [7, 11) is 0. The number of carbonyl (C=O) groups excluding carboxylic acids is 1. The van der Waals surface area contributed by atoms with E-state index in [1.807, 2.05) is 38.1 Å². The predicted molar refractivity (Wildman–Crippen MR) is 70.8 cm³/mol. The van der Waals surface area contributed by atoms with Crippen LogP contribution in [0.2, 0.25) is 0 Å². The second kappa shape index (κ2) is 6.18.